The third-order valence-electron chi connectivity index (χ3n) is 3.42. The van der Waals surface area contributed by atoms with Crippen LogP contribution in [-0.4, -0.2) is 9.55 Å². The quantitative estimate of drug-likeness (QED) is 0.731. The van der Waals surface area contributed by atoms with E-state index in [0.717, 1.165) is 17.6 Å². The summed E-state index contributed by atoms with van der Waals surface area (Å²) in [6.45, 7) is 0. The number of aryl methyl sites for hydroxylation is 1. The minimum Gasteiger partial charge on any atom is -0.350 e. The van der Waals surface area contributed by atoms with Crippen molar-refractivity contribution in [3.05, 3.63) is 58.5 Å². The van der Waals surface area contributed by atoms with Crippen LogP contribution < -0.4 is 5.56 Å². The first kappa shape index (κ1) is 13.5. The number of hydrogen-bond acceptors (Lipinski definition) is 1. The molecule has 2 aromatic heterocycles. The van der Waals surface area contributed by atoms with Crippen molar-refractivity contribution in [1.82, 2.24) is 9.55 Å². The summed E-state index contributed by atoms with van der Waals surface area (Å²) in [6, 6.07) is 8.15. The van der Waals surface area contributed by atoms with Gasteiger partial charge in [-0.15, -0.1) is 0 Å². The number of aromatic amines is 1. The van der Waals surface area contributed by atoms with E-state index in [1.807, 2.05) is 0 Å². The smallest absolute Gasteiger partial charge is 0.350 e. The first-order valence-electron chi connectivity index (χ1n) is 6.22. The van der Waals surface area contributed by atoms with Gasteiger partial charge in [0.15, 0.2) is 0 Å². The molecule has 0 radical (unpaired) electrons. The summed E-state index contributed by atoms with van der Waals surface area (Å²) in [5.41, 5.74) is 0.774. The van der Waals surface area contributed by atoms with Crippen molar-refractivity contribution < 1.29 is 13.2 Å². The third-order valence-corrected chi connectivity index (χ3v) is 3.42. The van der Waals surface area contributed by atoms with Crippen molar-refractivity contribution in [1.29, 1.82) is 0 Å². The van der Waals surface area contributed by atoms with Crippen molar-refractivity contribution >= 4 is 10.9 Å². The van der Waals surface area contributed by atoms with Crippen LogP contribution in [0.4, 0.5) is 13.2 Å². The maximum Gasteiger partial charge on any atom is 0.416 e. The molecule has 0 bridgehead atoms. The summed E-state index contributed by atoms with van der Waals surface area (Å²) < 4.78 is 39.4. The van der Waals surface area contributed by atoms with E-state index in [0.29, 0.717) is 16.6 Å². The normalized spacial score (nSPS) is 12.0. The van der Waals surface area contributed by atoms with E-state index in [1.165, 1.54) is 12.1 Å². The first-order valence-corrected chi connectivity index (χ1v) is 6.22. The van der Waals surface area contributed by atoms with Crippen LogP contribution in [-0.2, 0) is 13.2 Å². The molecule has 0 aliphatic heterocycles. The van der Waals surface area contributed by atoms with Gasteiger partial charge in [0, 0.05) is 13.2 Å². The van der Waals surface area contributed by atoms with Gasteiger partial charge in [-0.25, -0.2) is 0 Å². The molecule has 3 aromatic rings. The Morgan fingerprint density at radius 3 is 2.38 bits per heavy atom. The Bertz CT molecular complexity index is 857. The second-order valence-corrected chi connectivity index (χ2v) is 4.81. The summed E-state index contributed by atoms with van der Waals surface area (Å²) in [5.74, 6) is 0. The molecule has 21 heavy (non-hydrogen) atoms. The van der Waals surface area contributed by atoms with E-state index >= 15 is 0 Å². The molecule has 0 aliphatic carbocycles. The van der Waals surface area contributed by atoms with Crippen LogP contribution >= 0.6 is 0 Å². The second kappa shape index (κ2) is 4.51. The lowest BCUT2D eigenvalue weighted by Crippen LogP contribution is -2.07. The fraction of sp³-hybridized carbons (Fsp3) is 0.133. The fourth-order valence-corrected chi connectivity index (χ4v) is 2.27. The SMILES string of the molecule is Cn1ccc2c(=O)[nH]c(-c3ccc(C(F)(F)F)cc3)cc21. The molecule has 0 spiro atoms. The Kier molecular flexibility index (Phi) is 2.90. The minimum atomic E-state index is -4.37. The van der Waals surface area contributed by atoms with Gasteiger partial charge in [-0.05, 0) is 29.8 Å². The van der Waals surface area contributed by atoms with Gasteiger partial charge in [0.2, 0.25) is 0 Å². The highest BCUT2D eigenvalue weighted by molar-refractivity contribution is 5.82. The highest BCUT2D eigenvalue weighted by Gasteiger charge is 2.30. The van der Waals surface area contributed by atoms with E-state index < -0.39 is 11.7 Å². The van der Waals surface area contributed by atoms with E-state index in [1.54, 1.807) is 29.9 Å². The van der Waals surface area contributed by atoms with Gasteiger partial charge >= 0.3 is 6.18 Å². The number of halogens is 3. The average Bonchev–Trinajstić information content (AvgIpc) is 2.80. The van der Waals surface area contributed by atoms with Gasteiger partial charge in [0.05, 0.1) is 22.2 Å². The van der Waals surface area contributed by atoms with Crippen LogP contribution in [0.3, 0.4) is 0 Å². The predicted octanol–water partition coefficient (Wildman–Crippen LogP) is 3.55. The van der Waals surface area contributed by atoms with E-state index in [-0.39, 0.29) is 5.56 Å². The summed E-state index contributed by atoms with van der Waals surface area (Å²) in [7, 11) is 1.80. The van der Waals surface area contributed by atoms with Crippen LogP contribution in [0.5, 0.6) is 0 Å². The Labute approximate surface area is 117 Å². The van der Waals surface area contributed by atoms with Gasteiger partial charge in [0.25, 0.3) is 5.56 Å². The molecule has 0 aliphatic rings. The van der Waals surface area contributed by atoms with E-state index in [4.69, 9.17) is 0 Å². The molecule has 1 N–H and O–H groups in total. The number of nitrogens with one attached hydrogen (secondary N) is 1. The Morgan fingerprint density at radius 2 is 1.76 bits per heavy atom. The summed E-state index contributed by atoms with van der Waals surface area (Å²) in [6.07, 6.45) is -2.61. The zero-order valence-corrected chi connectivity index (χ0v) is 11.0. The molecular weight excluding hydrogens is 281 g/mol. The lowest BCUT2D eigenvalue weighted by Gasteiger charge is -2.08. The van der Waals surface area contributed by atoms with E-state index in [9.17, 15) is 18.0 Å². The van der Waals surface area contributed by atoms with Crippen molar-refractivity contribution in [2.24, 2.45) is 7.05 Å². The molecule has 0 unspecified atom stereocenters. The molecule has 0 fully saturated rings. The van der Waals surface area contributed by atoms with Gasteiger partial charge in [-0.1, -0.05) is 12.1 Å². The lowest BCUT2D eigenvalue weighted by atomic mass is 10.1. The Morgan fingerprint density at radius 1 is 1.10 bits per heavy atom. The Hall–Kier alpha value is -2.50. The minimum absolute atomic E-state index is 0.261. The van der Waals surface area contributed by atoms with Crippen molar-refractivity contribution in [3.63, 3.8) is 0 Å². The van der Waals surface area contributed by atoms with Gasteiger partial charge in [-0.3, -0.25) is 4.79 Å². The molecule has 2 heterocycles. The molecule has 3 rings (SSSR count). The predicted molar refractivity (Wildman–Crippen MR) is 74.0 cm³/mol. The van der Waals surface area contributed by atoms with Crippen LogP contribution in [0, 0.1) is 0 Å². The largest absolute Gasteiger partial charge is 0.416 e. The number of nitrogens with zero attached hydrogens (tertiary/aromatic N) is 1. The topological polar surface area (TPSA) is 37.8 Å². The number of pyridine rings is 1. The standard InChI is InChI=1S/C15H11F3N2O/c1-20-7-6-11-13(20)8-12(19-14(11)21)9-2-4-10(5-3-9)15(16,17)18/h2-8H,1H3,(H,19,21). The van der Waals surface area contributed by atoms with Crippen LogP contribution in [0.1, 0.15) is 5.56 Å². The fourth-order valence-electron chi connectivity index (χ4n) is 2.27. The molecule has 6 heteroatoms. The molecule has 3 nitrogen and oxygen atoms in total. The molecule has 0 saturated heterocycles. The summed E-state index contributed by atoms with van der Waals surface area (Å²) >= 11 is 0. The molecule has 0 amide bonds. The number of aromatic nitrogens is 2. The molecule has 0 atom stereocenters. The van der Waals surface area contributed by atoms with Crippen molar-refractivity contribution in [3.8, 4) is 11.3 Å². The van der Waals surface area contributed by atoms with Gasteiger partial charge in [0.1, 0.15) is 0 Å². The number of hydrogen-bond donors (Lipinski definition) is 1. The van der Waals surface area contributed by atoms with E-state index in [2.05, 4.69) is 4.98 Å². The maximum atomic E-state index is 12.5. The number of benzene rings is 1. The summed E-state index contributed by atoms with van der Waals surface area (Å²) in [5, 5.41) is 0.549. The maximum absolute atomic E-state index is 12.5. The zero-order valence-electron chi connectivity index (χ0n) is 11.0. The monoisotopic (exact) mass is 292 g/mol. The summed E-state index contributed by atoms with van der Waals surface area (Å²) in [4.78, 5) is 14.7. The average molecular weight is 292 g/mol. The molecule has 0 saturated carbocycles. The van der Waals surface area contributed by atoms with Gasteiger partial charge < -0.3 is 9.55 Å². The van der Waals surface area contributed by atoms with Crippen molar-refractivity contribution in [2.45, 2.75) is 6.18 Å². The number of H-pyrrole nitrogens is 1. The molecular formula is C15H11F3N2O. The van der Waals surface area contributed by atoms with Crippen LogP contribution in [0.25, 0.3) is 22.2 Å². The van der Waals surface area contributed by atoms with Crippen LogP contribution in [0.15, 0.2) is 47.4 Å². The third kappa shape index (κ3) is 2.33. The Balaban J connectivity index is 2.12. The number of rotatable bonds is 1. The second-order valence-electron chi connectivity index (χ2n) is 4.81. The zero-order chi connectivity index (χ0) is 15.2. The molecule has 1 aromatic carbocycles. The van der Waals surface area contributed by atoms with Crippen molar-refractivity contribution in [2.75, 3.05) is 0 Å². The highest BCUT2D eigenvalue weighted by Crippen LogP contribution is 2.30. The van der Waals surface area contributed by atoms with Crippen LogP contribution in [0.2, 0.25) is 0 Å². The number of alkyl halides is 3. The lowest BCUT2D eigenvalue weighted by molar-refractivity contribution is -0.137. The number of fused-ring (bicyclic) bond motifs is 1. The highest BCUT2D eigenvalue weighted by atomic mass is 19.4. The van der Waals surface area contributed by atoms with Gasteiger partial charge in [-0.2, -0.15) is 13.2 Å². The molecule has 108 valence electrons. The first-order chi connectivity index (χ1) is 9.86.